The van der Waals surface area contributed by atoms with Crippen LogP contribution in [0.25, 0.3) is 0 Å². The summed E-state index contributed by atoms with van der Waals surface area (Å²) < 4.78 is 29.2. The number of nitrogens with zero attached hydrogens (tertiary/aromatic N) is 2. The number of benzene rings is 1. The van der Waals surface area contributed by atoms with Crippen LogP contribution in [0.15, 0.2) is 35.5 Å². The fraction of sp³-hybridized carbons (Fsp3) is 0.375. The molecule has 0 bridgehead atoms. The number of nitrogen functional groups attached to an aromatic ring is 1. The van der Waals surface area contributed by atoms with Crippen LogP contribution >= 0.6 is 0 Å². The van der Waals surface area contributed by atoms with Crippen LogP contribution in [0.2, 0.25) is 0 Å². The van der Waals surface area contributed by atoms with Crippen molar-refractivity contribution >= 4 is 21.6 Å². The number of anilines is 1. The Morgan fingerprint density at radius 2 is 2.12 bits per heavy atom. The van der Waals surface area contributed by atoms with Crippen LogP contribution in [0.3, 0.4) is 0 Å². The van der Waals surface area contributed by atoms with E-state index < -0.39 is 15.9 Å². The largest absolute Gasteiger partial charge is 0.398 e. The minimum Gasteiger partial charge on any atom is -0.398 e. The number of hydrogen-bond donors (Lipinski definition) is 3. The fourth-order valence-corrected chi connectivity index (χ4v) is 3.90. The molecule has 8 nitrogen and oxygen atoms in total. The predicted octanol–water partition coefficient (Wildman–Crippen LogP) is 0.763. The van der Waals surface area contributed by atoms with Crippen molar-refractivity contribution in [1.82, 2.24) is 19.8 Å². The lowest BCUT2D eigenvalue weighted by molar-refractivity contribution is 0.0951. The van der Waals surface area contributed by atoms with Crippen LogP contribution in [0, 0.1) is 0 Å². The quantitative estimate of drug-likeness (QED) is 0.655. The third-order valence-corrected chi connectivity index (χ3v) is 5.81. The molecule has 1 aromatic carbocycles. The second-order valence-electron chi connectivity index (χ2n) is 6.62. The molecule has 1 aliphatic rings. The van der Waals surface area contributed by atoms with Crippen molar-refractivity contribution in [3.05, 3.63) is 41.7 Å². The number of carbonyl (C=O) groups excluding carboxylic acids is 1. The fourth-order valence-electron chi connectivity index (χ4n) is 2.41. The summed E-state index contributed by atoms with van der Waals surface area (Å²) >= 11 is 0. The smallest absolute Gasteiger partial charge is 0.253 e. The monoisotopic (exact) mass is 363 g/mol. The molecule has 1 fully saturated rings. The topological polar surface area (TPSA) is 119 Å². The van der Waals surface area contributed by atoms with Crippen LogP contribution < -0.4 is 15.8 Å². The van der Waals surface area contributed by atoms with Crippen LogP contribution in [0.5, 0.6) is 0 Å². The molecule has 1 aliphatic carbocycles. The molecule has 0 atom stereocenters. The molecule has 4 N–H and O–H groups in total. The standard InChI is InChI=1S/C16H21N5O3S/c1-16(5-6-16)20-25(23,24)12-3-4-14(17)13(7-12)15(22)18-8-11-9-19-21(2)10-11/h3-4,7,9-10,20H,5-6,8,17H2,1-2H3,(H,18,22). The second kappa shape index (κ2) is 6.16. The van der Waals surface area contributed by atoms with Crippen molar-refractivity contribution in [2.24, 2.45) is 7.05 Å². The maximum atomic E-state index is 12.5. The van der Waals surface area contributed by atoms with E-state index >= 15 is 0 Å². The molecule has 25 heavy (non-hydrogen) atoms. The second-order valence-corrected chi connectivity index (χ2v) is 8.30. The zero-order valence-electron chi connectivity index (χ0n) is 14.1. The lowest BCUT2D eigenvalue weighted by Crippen LogP contribution is -2.34. The molecule has 0 unspecified atom stereocenters. The molecule has 9 heteroatoms. The molecule has 0 aliphatic heterocycles. The number of aromatic nitrogens is 2. The normalized spacial score (nSPS) is 15.8. The van der Waals surface area contributed by atoms with Gasteiger partial charge in [-0.3, -0.25) is 9.48 Å². The first-order chi connectivity index (χ1) is 11.7. The molecule has 1 saturated carbocycles. The number of aryl methyl sites for hydroxylation is 1. The highest BCUT2D eigenvalue weighted by Crippen LogP contribution is 2.36. The third-order valence-electron chi connectivity index (χ3n) is 4.17. The molecule has 0 spiro atoms. The summed E-state index contributed by atoms with van der Waals surface area (Å²) in [7, 11) is -1.91. The van der Waals surface area contributed by atoms with Crippen molar-refractivity contribution < 1.29 is 13.2 Å². The first-order valence-electron chi connectivity index (χ1n) is 7.88. The van der Waals surface area contributed by atoms with Crippen LogP contribution in [-0.4, -0.2) is 29.6 Å². The Bertz CT molecular complexity index is 916. The molecule has 0 radical (unpaired) electrons. The summed E-state index contributed by atoms with van der Waals surface area (Å²) in [6.07, 6.45) is 5.04. The van der Waals surface area contributed by atoms with Crippen molar-refractivity contribution in [1.29, 1.82) is 0 Å². The first-order valence-corrected chi connectivity index (χ1v) is 9.36. The van der Waals surface area contributed by atoms with Gasteiger partial charge in [-0.2, -0.15) is 5.10 Å². The first kappa shape index (κ1) is 17.4. The average Bonchev–Trinajstić information content (AvgIpc) is 3.10. The Hall–Kier alpha value is -2.39. The van der Waals surface area contributed by atoms with E-state index in [0.29, 0.717) is 0 Å². The van der Waals surface area contributed by atoms with Crippen molar-refractivity contribution in [2.75, 3.05) is 5.73 Å². The van der Waals surface area contributed by atoms with Crippen molar-refractivity contribution in [3.63, 3.8) is 0 Å². The zero-order valence-corrected chi connectivity index (χ0v) is 14.9. The van der Waals surface area contributed by atoms with Gasteiger partial charge in [0.1, 0.15) is 0 Å². The molecular formula is C16H21N5O3S. The van der Waals surface area contributed by atoms with Gasteiger partial charge in [-0.05, 0) is 38.0 Å². The Morgan fingerprint density at radius 1 is 1.40 bits per heavy atom. The number of rotatable bonds is 6. The minimum absolute atomic E-state index is 0.0290. The molecule has 3 rings (SSSR count). The maximum absolute atomic E-state index is 12.5. The Balaban J connectivity index is 1.77. The number of sulfonamides is 1. The SMILES string of the molecule is Cn1cc(CNC(=O)c2cc(S(=O)(=O)NC3(C)CC3)ccc2N)cn1. The van der Waals surface area contributed by atoms with Crippen LogP contribution in [-0.2, 0) is 23.6 Å². The lowest BCUT2D eigenvalue weighted by Gasteiger charge is -2.14. The highest BCUT2D eigenvalue weighted by atomic mass is 32.2. The molecular weight excluding hydrogens is 342 g/mol. The summed E-state index contributed by atoms with van der Waals surface area (Å²) in [5.41, 5.74) is 6.66. The van der Waals surface area contributed by atoms with Crippen LogP contribution in [0.4, 0.5) is 5.69 Å². The zero-order chi connectivity index (χ0) is 18.2. The van der Waals surface area contributed by atoms with Gasteiger partial charge in [0, 0.05) is 36.6 Å². The highest BCUT2D eigenvalue weighted by molar-refractivity contribution is 7.89. The summed E-state index contributed by atoms with van der Waals surface area (Å²) in [6, 6.07) is 4.14. The summed E-state index contributed by atoms with van der Waals surface area (Å²) in [4.78, 5) is 12.4. The van der Waals surface area contributed by atoms with Gasteiger partial charge in [-0.15, -0.1) is 0 Å². The highest BCUT2D eigenvalue weighted by Gasteiger charge is 2.41. The minimum atomic E-state index is -3.69. The van der Waals surface area contributed by atoms with Gasteiger partial charge in [0.05, 0.1) is 16.7 Å². The van der Waals surface area contributed by atoms with E-state index in [9.17, 15) is 13.2 Å². The van der Waals surface area contributed by atoms with Gasteiger partial charge in [-0.25, -0.2) is 13.1 Å². The Kier molecular flexibility index (Phi) is 4.29. The van der Waals surface area contributed by atoms with Crippen molar-refractivity contribution in [3.8, 4) is 0 Å². The summed E-state index contributed by atoms with van der Waals surface area (Å²) in [5, 5.41) is 6.75. The van der Waals surface area contributed by atoms with E-state index in [-0.39, 0.29) is 28.2 Å². The molecule has 1 amide bonds. The van der Waals surface area contributed by atoms with E-state index in [1.54, 1.807) is 24.1 Å². The average molecular weight is 363 g/mol. The number of nitrogens with two attached hydrogens (primary N) is 1. The van der Waals surface area contributed by atoms with Crippen LogP contribution in [0.1, 0.15) is 35.7 Å². The molecule has 1 aromatic heterocycles. The molecule has 0 saturated heterocycles. The predicted molar refractivity (Wildman–Crippen MR) is 93.2 cm³/mol. The van der Waals surface area contributed by atoms with Gasteiger partial charge in [-0.1, -0.05) is 0 Å². The summed E-state index contributed by atoms with van der Waals surface area (Å²) in [6.45, 7) is 2.13. The van der Waals surface area contributed by atoms with E-state index in [1.165, 1.54) is 18.2 Å². The van der Waals surface area contributed by atoms with E-state index in [1.807, 2.05) is 6.92 Å². The van der Waals surface area contributed by atoms with Gasteiger partial charge in [0.15, 0.2) is 0 Å². The third kappa shape index (κ3) is 3.99. The Labute approximate surface area is 146 Å². The Morgan fingerprint density at radius 3 is 2.72 bits per heavy atom. The molecule has 1 heterocycles. The number of hydrogen-bond acceptors (Lipinski definition) is 5. The lowest BCUT2D eigenvalue weighted by atomic mass is 10.1. The number of amides is 1. The van der Waals surface area contributed by atoms with Crippen molar-refractivity contribution in [2.45, 2.75) is 36.7 Å². The van der Waals surface area contributed by atoms with E-state index in [4.69, 9.17) is 5.73 Å². The van der Waals surface area contributed by atoms with Gasteiger partial charge in [0.25, 0.3) is 5.91 Å². The molecule has 134 valence electrons. The molecule has 2 aromatic rings. The number of carbonyl (C=O) groups is 1. The van der Waals surface area contributed by atoms with E-state index in [2.05, 4.69) is 15.1 Å². The van der Waals surface area contributed by atoms with Gasteiger partial charge >= 0.3 is 0 Å². The summed E-state index contributed by atoms with van der Waals surface area (Å²) in [5.74, 6) is -0.434. The number of nitrogens with one attached hydrogen (secondary N) is 2. The van der Waals surface area contributed by atoms with Gasteiger partial charge in [0.2, 0.25) is 10.0 Å². The van der Waals surface area contributed by atoms with E-state index in [0.717, 1.165) is 18.4 Å². The van der Waals surface area contributed by atoms with Gasteiger partial charge < -0.3 is 11.1 Å². The maximum Gasteiger partial charge on any atom is 0.253 e.